The molecule has 1 aliphatic heterocycles. The third-order valence-corrected chi connectivity index (χ3v) is 5.42. The normalized spacial score (nSPS) is 19.1. The molecule has 1 aromatic carbocycles. The van der Waals surface area contributed by atoms with Gasteiger partial charge in [0.25, 0.3) is 5.91 Å². The van der Waals surface area contributed by atoms with Crippen molar-refractivity contribution >= 4 is 34.7 Å². The summed E-state index contributed by atoms with van der Waals surface area (Å²) in [6, 6.07) is 5.37. The maximum Gasteiger partial charge on any atom is 0.257 e. The number of aromatic nitrogens is 3. The zero-order valence-electron chi connectivity index (χ0n) is 18.3. The van der Waals surface area contributed by atoms with Gasteiger partial charge in [0, 0.05) is 42.5 Å². The summed E-state index contributed by atoms with van der Waals surface area (Å²) in [5.74, 6) is -0.610. The Morgan fingerprint density at radius 3 is 2.72 bits per heavy atom. The Hall–Kier alpha value is -3.66. The molecule has 1 saturated heterocycles. The van der Waals surface area contributed by atoms with E-state index in [0.29, 0.717) is 29.2 Å². The molecular weight excluding hydrogens is 411 g/mol. The molecule has 3 heterocycles. The molecule has 168 valence electrons. The largest absolute Gasteiger partial charge is 0.405 e. The van der Waals surface area contributed by atoms with Crippen LogP contribution in [0.2, 0.25) is 0 Å². The first-order chi connectivity index (χ1) is 15.3. The number of halogens is 1. The molecular formula is C22H27FN8O. The second-order valence-corrected chi connectivity index (χ2v) is 8.15. The number of amides is 1. The van der Waals surface area contributed by atoms with Crippen LogP contribution in [0, 0.1) is 12.7 Å². The van der Waals surface area contributed by atoms with E-state index in [1.807, 2.05) is 6.07 Å². The van der Waals surface area contributed by atoms with Crippen molar-refractivity contribution in [2.45, 2.75) is 32.9 Å². The molecule has 0 radical (unpaired) electrons. The molecule has 0 spiro atoms. The number of carbonyl (C=O) groups excluding carboxylic acids is 1. The fourth-order valence-corrected chi connectivity index (χ4v) is 4.21. The van der Waals surface area contributed by atoms with Gasteiger partial charge in [0.05, 0.1) is 23.1 Å². The molecule has 2 unspecified atom stereocenters. The maximum absolute atomic E-state index is 14.3. The smallest absolute Gasteiger partial charge is 0.257 e. The van der Waals surface area contributed by atoms with Gasteiger partial charge in [-0.15, -0.1) is 0 Å². The van der Waals surface area contributed by atoms with E-state index in [1.165, 1.54) is 23.0 Å². The van der Waals surface area contributed by atoms with Gasteiger partial charge in [-0.05, 0) is 45.2 Å². The molecule has 3 aromatic rings. The van der Waals surface area contributed by atoms with Crippen LogP contribution in [0.15, 0.2) is 30.6 Å². The van der Waals surface area contributed by atoms with Crippen molar-refractivity contribution < 1.29 is 9.18 Å². The van der Waals surface area contributed by atoms with Crippen molar-refractivity contribution in [2.24, 2.45) is 5.73 Å². The Balaban J connectivity index is 1.66. The van der Waals surface area contributed by atoms with Crippen molar-refractivity contribution in [1.29, 1.82) is 0 Å². The van der Waals surface area contributed by atoms with E-state index < -0.39 is 11.7 Å². The fourth-order valence-electron chi connectivity index (χ4n) is 4.21. The summed E-state index contributed by atoms with van der Waals surface area (Å²) in [5.41, 5.74) is 14.6. The second-order valence-electron chi connectivity index (χ2n) is 8.15. The number of rotatable bonds is 4. The Bertz CT molecular complexity index is 1190. The molecule has 2 aromatic heterocycles. The van der Waals surface area contributed by atoms with Crippen molar-refractivity contribution in [2.75, 3.05) is 29.0 Å². The van der Waals surface area contributed by atoms with Crippen LogP contribution in [-0.2, 0) is 0 Å². The Morgan fingerprint density at radius 2 is 2.03 bits per heavy atom. The molecule has 0 saturated carbocycles. The quantitative estimate of drug-likeness (QED) is 0.460. The summed E-state index contributed by atoms with van der Waals surface area (Å²) in [4.78, 5) is 19.2. The summed E-state index contributed by atoms with van der Waals surface area (Å²) in [6.45, 7) is 7.52. The van der Waals surface area contributed by atoms with E-state index in [-0.39, 0.29) is 16.9 Å². The van der Waals surface area contributed by atoms with Crippen molar-refractivity contribution in [3.8, 4) is 0 Å². The van der Waals surface area contributed by atoms with Gasteiger partial charge in [0.2, 0.25) is 0 Å². The summed E-state index contributed by atoms with van der Waals surface area (Å²) >= 11 is 0. The minimum Gasteiger partial charge on any atom is -0.405 e. The van der Waals surface area contributed by atoms with Crippen LogP contribution in [-0.4, -0.2) is 45.7 Å². The molecule has 9 nitrogen and oxygen atoms in total. The van der Waals surface area contributed by atoms with Crippen LogP contribution in [0.4, 0.5) is 21.5 Å². The van der Waals surface area contributed by atoms with E-state index >= 15 is 0 Å². The highest BCUT2D eigenvalue weighted by molar-refractivity contribution is 6.09. The lowest BCUT2D eigenvalue weighted by Crippen LogP contribution is -2.54. The minimum absolute atomic E-state index is 0.0965. The number of aryl methyl sites for hydroxylation is 1. The molecule has 0 aliphatic carbocycles. The number of benzene rings is 1. The highest BCUT2D eigenvalue weighted by Gasteiger charge is 2.25. The van der Waals surface area contributed by atoms with Crippen molar-refractivity contribution in [1.82, 2.24) is 19.9 Å². The summed E-state index contributed by atoms with van der Waals surface area (Å²) in [5, 5.41) is 10.3. The molecule has 1 aliphatic rings. The van der Waals surface area contributed by atoms with Crippen molar-refractivity contribution in [3.63, 3.8) is 0 Å². The maximum atomic E-state index is 14.3. The van der Waals surface area contributed by atoms with Crippen molar-refractivity contribution in [3.05, 3.63) is 53.4 Å². The second kappa shape index (κ2) is 8.46. The Labute approximate surface area is 185 Å². The lowest BCUT2D eigenvalue weighted by Gasteiger charge is -2.38. The summed E-state index contributed by atoms with van der Waals surface area (Å²) in [7, 11) is 0. The number of carbonyl (C=O) groups is 1. The number of piperazine rings is 1. The lowest BCUT2D eigenvalue weighted by molar-refractivity contribution is 0.102. The average molecular weight is 439 g/mol. The number of nitrogens with zero attached hydrogens (tertiary/aromatic N) is 4. The van der Waals surface area contributed by atoms with E-state index in [4.69, 9.17) is 11.5 Å². The number of nitrogens with one attached hydrogen (secondary N) is 2. The number of hydrogen-bond donors (Lipinski definition) is 4. The number of nitrogens with two attached hydrogens (primary N) is 2. The zero-order chi connectivity index (χ0) is 23.0. The van der Waals surface area contributed by atoms with Gasteiger partial charge in [0.1, 0.15) is 5.82 Å². The van der Waals surface area contributed by atoms with Crippen LogP contribution >= 0.6 is 0 Å². The molecule has 1 amide bonds. The number of nitrogen functional groups attached to an aromatic ring is 1. The summed E-state index contributed by atoms with van der Waals surface area (Å²) < 4.78 is 15.6. The monoisotopic (exact) mass is 438 g/mol. The minimum atomic E-state index is -0.583. The van der Waals surface area contributed by atoms with Gasteiger partial charge in [-0.3, -0.25) is 4.79 Å². The molecule has 10 heteroatoms. The Kier molecular flexibility index (Phi) is 5.70. The van der Waals surface area contributed by atoms with Gasteiger partial charge in [-0.1, -0.05) is 0 Å². The fraction of sp³-hybridized carbons (Fsp3) is 0.318. The number of pyridine rings is 1. The summed E-state index contributed by atoms with van der Waals surface area (Å²) in [6.07, 6.45) is 4.61. The van der Waals surface area contributed by atoms with Crippen LogP contribution in [0.1, 0.15) is 35.6 Å². The van der Waals surface area contributed by atoms with E-state index in [0.717, 1.165) is 18.8 Å². The zero-order valence-corrected chi connectivity index (χ0v) is 18.3. The number of hydrogen-bond acceptors (Lipinski definition) is 7. The van der Waals surface area contributed by atoms with E-state index in [2.05, 4.69) is 39.5 Å². The van der Waals surface area contributed by atoms with E-state index in [9.17, 15) is 9.18 Å². The third-order valence-electron chi connectivity index (χ3n) is 5.42. The van der Waals surface area contributed by atoms with Gasteiger partial charge < -0.3 is 27.0 Å². The van der Waals surface area contributed by atoms with Crippen LogP contribution in [0.5, 0.6) is 0 Å². The van der Waals surface area contributed by atoms with E-state index in [1.54, 1.807) is 19.1 Å². The first-order valence-corrected chi connectivity index (χ1v) is 10.4. The Morgan fingerprint density at radius 1 is 1.31 bits per heavy atom. The number of anilines is 3. The van der Waals surface area contributed by atoms with Gasteiger partial charge >= 0.3 is 0 Å². The molecule has 6 N–H and O–H groups in total. The number of fused-ring (bicyclic) bond motifs is 1. The first-order valence-electron chi connectivity index (χ1n) is 10.4. The first kappa shape index (κ1) is 21.6. The highest BCUT2D eigenvalue weighted by atomic mass is 19.1. The van der Waals surface area contributed by atoms with Gasteiger partial charge in [0.15, 0.2) is 11.5 Å². The molecule has 2 atom stereocenters. The van der Waals surface area contributed by atoms with Crippen LogP contribution in [0.25, 0.3) is 11.7 Å². The van der Waals surface area contributed by atoms with Crippen LogP contribution < -0.4 is 27.0 Å². The van der Waals surface area contributed by atoms with Gasteiger partial charge in [-0.2, -0.15) is 5.10 Å². The van der Waals surface area contributed by atoms with Crippen LogP contribution in [0.3, 0.4) is 0 Å². The van der Waals surface area contributed by atoms with Gasteiger partial charge in [-0.25, -0.2) is 13.9 Å². The highest BCUT2D eigenvalue weighted by Crippen LogP contribution is 2.32. The standard InChI is InChI=1S/C22H27FN8O/c1-12-9-30(10-13(2)26-12)19-5-4-17(20(25)16(19)6-7-24)22(32)28-15-8-18(23)21-27-14(3)29-31(21)11-15/h4-8,11-13,26H,9-10,24-25H2,1-3H3,(H,28,32)/b7-6-. The molecule has 4 rings (SSSR count). The third kappa shape index (κ3) is 4.09. The topological polar surface area (TPSA) is 127 Å². The molecule has 1 fully saturated rings. The molecule has 0 bridgehead atoms. The average Bonchev–Trinajstić information content (AvgIpc) is 3.09. The predicted octanol–water partition coefficient (Wildman–Crippen LogP) is 2.13. The molecule has 32 heavy (non-hydrogen) atoms. The predicted molar refractivity (Wildman–Crippen MR) is 124 cm³/mol. The SMILES string of the molecule is Cc1nc2c(F)cc(NC(=O)c3ccc(N4CC(C)NC(C)C4)c(/C=C\N)c3N)cn2n1. The lowest BCUT2D eigenvalue weighted by atomic mass is 10.0.